The van der Waals surface area contributed by atoms with E-state index < -0.39 is 0 Å². The van der Waals surface area contributed by atoms with Crippen molar-refractivity contribution in [3.63, 3.8) is 0 Å². The van der Waals surface area contributed by atoms with Crippen LogP contribution in [0.25, 0.3) is 0 Å². The summed E-state index contributed by atoms with van der Waals surface area (Å²) < 4.78 is 0.844. The summed E-state index contributed by atoms with van der Waals surface area (Å²) in [5.74, 6) is 6.46. The van der Waals surface area contributed by atoms with Gasteiger partial charge in [0.15, 0.2) is 0 Å². The molecule has 0 spiro atoms. The second kappa shape index (κ2) is 4.67. The Hall–Kier alpha value is -1.01. The molecule has 0 saturated carbocycles. The van der Waals surface area contributed by atoms with Gasteiger partial charge in [-0.25, -0.2) is 0 Å². The first kappa shape index (κ1) is 12.1. The summed E-state index contributed by atoms with van der Waals surface area (Å²) in [6.07, 6.45) is 1.67. The lowest BCUT2D eigenvalue weighted by molar-refractivity contribution is -0.862. The largest absolute Gasteiger partial charge is 0.329 e. The van der Waals surface area contributed by atoms with Crippen molar-refractivity contribution in [2.75, 3.05) is 34.2 Å². The molecule has 1 rings (SSSR count). The van der Waals surface area contributed by atoms with Gasteiger partial charge in [0, 0.05) is 12.5 Å². The molecule has 1 amide bonds. The second-order valence-electron chi connectivity index (χ2n) is 5.21. The molecule has 0 radical (unpaired) electrons. The van der Waals surface area contributed by atoms with E-state index in [0.29, 0.717) is 19.0 Å². The maximum atomic E-state index is 11.4. The van der Waals surface area contributed by atoms with Crippen LogP contribution in [-0.2, 0) is 4.79 Å². The van der Waals surface area contributed by atoms with Crippen molar-refractivity contribution >= 4 is 5.91 Å². The van der Waals surface area contributed by atoms with E-state index in [4.69, 9.17) is 0 Å². The Morgan fingerprint density at radius 1 is 1.40 bits per heavy atom. The van der Waals surface area contributed by atoms with E-state index in [1.54, 1.807) is 0 Å². The van der Waals surface area contributed by atoms with Crippen molar-refractivity contribution < 1.29 is 9.28 Å². The third kappa shape index (κ3) is 3.93. The normalized spacial score (nSPS) is 21.5. The highest BCUT2D eigenvalue weighted by molar-refractivity contribution is 5.78. The van der Waals surface area contributed by atoms with Crippen LogP contribution in [0.1, 0.15) is 19.8 Å². The third-order valence-corrected chi connectivity index (χ3v) is 2.56. The number of rotatable bonds is 2. The second-order valence-corrected chi connectivity index (χ2v) is 5.21. The average Bonchev–Trinajstić information content (AvgIpc) is 2.40. The van der Waals surface area contributed by atoms with Crippen LogP contribution in [0.15, 0.2) is 0 Å². The molecule has 0 aromatic rings. The van der Waals surface area contributed by atoms with Gasteiger partial charge in [0.2, 0.25) is 5.91 Å². The fourth-order valence-corrected chi connectivity index (χ4v) is 1.56. The first-order valence-electron chi connectivity index (χ1n) is 5.46. The minimum Gasteiger partial charge on any atom is -0.329 e. The molecule has 84 valence electrons. The number of nitrogens with zero attached hydrogens (tertiary/aromatic N) is 2. The molecule has 1 heterocycles. The van der Waals surface area contributed by atoms with Crippen LogP contribution in [0, 0.1) is 11.8 Å². The molecule has 0 aromatic carbocycles. The third-order valence-electron chi connectivity index (χ3n) is 2.56. The van der Waals surface area contributed by atoms with Gasteiger partial charge >= 0.3 is 0 Å². The molecule has 1 aliphatic rings. The van der Waals surface area contributed by atoms with Crippen LogP contribution in [-0.4, -0.2) is 55.6 Å². The van der Waals surface area contributed by atoms with Gasteiger partial charge in [-0.3, -0.25) is 4.79 Å². The lowest BCUT2D eigenvalue weighted by Gasteiger charge is -2.20. The van der Waals surface area contributed by atoms with Gasteiger partial charge in [-0.15, -0.1) is 0 Å². The Morgan fingerprint density at radius 3 is 2.53 bits per heavy atom. The summed E-state index contributed by atoms with van der Waals surface area (Å²) in [5, 5.41) is 0. The summed E-state index contributed by atoms with van der Waals surface area (Å²) in [6.45, 7) is 3.52. The van der Waals surface area contributed by atoms with E-state index in [1.807, 2.05) is 4.90 Å². The van der Waals surface area contributed by atoms with Crippen molar-refractivity contribution in [1.82, 2.24) is 4.90 Å². The van der Waals surface area contributed by atoms with E-state index in [2.05, 4.69) is 39.9 Å². The molecule has 1 atom stereocenters. The van der Waals surface area contributed by atoms with Crippen molar-refractivity contribution in [2.45, 2.75) is 25.8 Å². The number of likely N-dealkylation sites (tertiary alicyclic amines) is 1. The highest BCUT2D eigenvalue weighted by atomic mass is 16.2. The zero-order chi connectivity index (χ0) is 11.5. The van der Waals surface area contributed by atoms with E-state index in [-0.39, 0.29) is 5.91 Å². The maximum Gasteiger partial charge on any atom is 0.223 e. The number of hydrogen-bond donors (Lipinski definition) is 0. The number of carbonyl (C=O) groups excluding carboxylic acids is 1. The number of carbonyl (C=O) groups is 1. The fourth-order valence-electron chi connectivity index (χ4n) is 1.56. The lowest BCUT2D eigenvalue weighted by Crippen LogP contribution is -2.35. The van der Waals surface area contributed by atoms with Crippen LogP contribution in [0.4, 0.5) is 0 Å². The minimum atomic E-state index is 0.252. The Kier molecular flexibility index (Phi) is 3.76. The molecule has 0 aromatic heterocycles. The van der Waals surface area contributed by atoms with Crippen molar-refractivity contribution in [1.29, 1.82) is 0 Å². The molecule has 3 heteroatoms. The van der Waals surface area contributed by atoms with E-state index in [9.17, 15) is 4.79 Å². The molecule has 0 N–H and O–H groups in total. The Balaban J connectivity index is 2.39. The van der Waals surface area contributed by atoms with Gasteiger partial charge in [-0.2, -0.15) is 0 Å². The molecule has 3 nitrogen and oxygen atoms in total. The van der Waals surface area contributed by atoms with E-state index in [0.717, 1.165) is 17.4 Å². The average molecular weight is 209 g/mol. The number of amides is 1. The predicted molar refractivity (Wildman–Crippen MR) is 61.1 cm³/mol. The monoisotopic (exact) mass is 209 g/mol. The number of hydrogen-bond acceptors (Lipinski definition) is 1. The maximum absolute atomic E-state index is 11.4. The van der Waals surface area contributed by atoms with Crippen molar-refractivity contribution in [2.24, 2.45) is 0 Å². The van der Waals surface area contributed by atoms with Gasteiger partial charge in [-0.1, -0.05) is 5.92 Å². The predicted octanol–water partition coefficient (Wildman–Crippen LogP) is 0.707. The Labute approximate surface area is 92.6 Å². The van der Waals surface area contributed by atoms with Crippen LogP contribution in [0.2, 0.25) is 0 Å². The first-order valence-corrected chi connectivity index (χ1v) is 5.46. The van der Waals surface area contributed by atoms with Crippen LogP contribution in [0.3, 0.4) is 0 Å². The van der Waals surface area contributed by atoms with E-state index >= 15 is 0 Å². The van der Waals surface area contributed by atoms with E-state index in [1.165, 1.54) is 0 Å². The molecule has 1 aliphatic heterocycles. The summed E-state index contributed by atoms with van der Waals surface area (Å²) in [6, 6.07) is 0.371. The molecule has 0 bridgehead atoms. The van der Waals surface area contributed by atoms with Crippen LogP contribution >= 0.6 is 0 Å². The summed E-state index contributed by atoms with van der Waals surface area (Å²) >= 11 is 0. The zero-order valence-electron chi connectivity index (χ0n) is 10.2. The van der Waals surface area contributed by atoms with Gasteiger partial charge in [0.1, 0.15) is 6.54 Å². The van der Waals surface area contributed by atoms with Crippen LogP contribution in [0.5, 0.6) is 0 Å². The topological polar surface area (TPSA) is 20.3 Å². The lowest BCUT2D eigenvalue weighted by atomic mass is 10.2. The van der Waals surface area contributed by atoms with Crippen LogP contribution < -0.4 is 0 Å². The molecule has 1 saturated heterocycles. The highest BCUT2D eigenvalue weighted by Crippen LogP contribution is 2.16. The summed E-state index contributed by atoms with van der Waals surface area (Å²) in [4.78, 5) is 13.3. The highest BCUT2D eigenvalue weighted by Gasteiger charge is 2.26. The molecule has 15 heavy (non-hydrogen) atoms. The first-order chi connectivity index (χ1) is 6.90. The summed E-state index contributed by atoms with van der Waals surface area (Å²) in [7, 11) is 6.33. The van der Waals surface area contributed by atoms with Crippen molar-refractivity contribution in [3.05, 3.63) is 0 Å². The SMILES string of the molecule is C[C@H]1CCC(=O)N1CC#CC[N+](C)(C)C. The molecular weight excluding hydrogens is 188 g/mol. The van der Waals surface area contributed by atoms with Gasteiger partial charge in [0.25, 0.3) is 0 Å². The smallest absolute Gasteiger partial charge is 0.223 e. The minimum absolute atomic E-state index is 0.252. The van der Waals surface area contributed by atoms with Gasteiger partial charge < -0.3 is 9.38 Å². The van der Waals surface area contributed by atoms with Crippen molar-refractivity contribution in [3.8, 4) is 11.8 Å². The van der Waals surface area contributed by atoms with Gasteiger partial charge in [-0.05, 0) is 19.3 Å². The molecule has 1 fully saturated rings. The molecular formula is C12H21N2O+. The summed E-state index contributed by atoms with van der Waals surface area (Å²) in [5.41, 5.74) is 0. The Bertz CT molecular complexity index is 293. The van der Waals surface area contributed by atoms with Gasteiger partial charge in [0.05, 0.1) is 27.7 Å². The standard InChI is InChI=1S/C12H21N2O/c1-11-7-8-12(15)13(11)9-5-6-10-14(2,3)4/h11H,7-10H2,1-4H3/q+1/t11-/m0/s1. The number of quaternary nitrogens is 1. The molecule has 0 aliphatic carbocycles. The fraction of sp³-hybridized carbons (Fsp3) is 0.750. The Morgan fingerprint density at radius 2 is 2.07 bits per heavy atom. The zero-order valence-corrected chi connectivity index (χ0v) is 10.2. The quantitative estimate of drug-likeness (QED) is 0.484. The molecule has 0 unspecified atom stereocenters.